The molecule has 16 heavy (non-hydrogen) atoms. The molecule has 0 aromatic heterocycles. The summed E-state index contributed by atoms with van der Waals surface area (Å²) in [4.78, 5) is 2.41. The number of nitrogens with zero attached hydrogens (tertiary/aromatic N) is 1. The van der Waals surface area contributed by atoms with E-state index in [0.29, 0.717) is 12.1 Å². The van der Waals surface area contributed by atoms with Gasteiger partial charge >= 0.3 is 0 Å². The summed E-state index contributed by atoms with van der Waals surface area (Å²) in [5.74, 6) is 0. The van der Waals surface area contributed by atoms with Crippen molar-refractivity contribution in [2.75, 3.05) is 20.2 Å². The molecule has 1 atom stereocenters. The second-order valence-electron chi connectivity index (χ2n) is 4.94. The van der Waals surface area contributed by atoms with Crippen LogP contribution in [0.3, 0.4) is 0 Å². The molecule has 3 heteroatoms. The van der Waals surface area contributed by atoms with E-state index in [1.54, 1.807) is 0 Å². The van der Waals surface area contributed by atoms with Gasteiger partial charge in [0.15, 0.2) is 0 Å². The van der Waals surface area contributed by atoms with E-state index in [1.165, 1.54) is 12.8 Å². The van der Waals surface area contributed by atoms with Crippen LogP contribution in [0.15, 0.2) is 0 Å². The van der Waals surface area contributed by atoms with Gasteiger partial charge in [0.1, 0.15) is 0 Å². The molecular formula is C13H30N2O. The Kier molecular flexibility index (Phi) is 8.90. The van der Waals surface area contributed by atoms with E-state index in [1.807, 2.05) is 0 Å². The minimum absolute atomic E-state index is 0.231. The maximum Gasteiger partial charge on any atom is 0.0585 e. The van der Waals surface area contributed by atoms with Crippen molar-refractivity contribution >= 4 is 0 Å². The zero-order valence-electron chi connectivity index (χ0n) is 11.7. The number of rotatable bonds is 9. The largest absolute Gasteiger partial charge is 0.395 e. The van der Waals surface area contributed by atoms with Crippen molar-refractivity contribution in [2.24, 2.45) is 0 Å². The molecule has 98 valence electrons. The molecule has 0 saturated carbocycles. The molecule has 0 aliphatic rings. The zero-order chi connectivity index (χ0) is 12.6. The Morgan fingerprint density at radius 2 is 1.75 bits per heavy atom. The van der Waals surface area contributed by atoms with E-state index >= 15 is 0 Å². The van der Waals surface area contributed by atoms with Crippen LogP contribution in [0.1, 0.15) is 47.0 Å². The molecule has 0 amide bonds. The summed E-state index contributed by atoms with van der Waals surface area (Å²) in [6.07, 6.45) is 3.42. The Morgan fingerprint density at radius 1 is 1.19 bits per heavy atom. The zero-order valence-corrected chi connectivity index (χ0v) is 11.7. The predicted molar refractivity (Wildman–Crippen MR) is 70.8 cm³/mol. The number of nitrogens with one attached hydrogen (secondary N) is 1. The molecule has 0 fully saturated rings. The first kappa shape index (κ1) is 15.9. The molecule has 0 aromatic carbocycles. The van der Waals surface area contributed by atoms with Gasteiger partial charge in [-0.2, -0.15) is 0 Å². The van der Waals surface area contributed by atoms with Gasteiger partial charge in [-0.1, -0.05) is 27.7 Å². The number of aliphatic hydroxyl groups excluding tert-OH is 1. The molecule has 0 radical (unpaired) electrons. The Labute approximate surface area is 101 Å². The molecule has 0 spiro atoms. The normalized spacial score (nSPS) is 14.1. The van der Waals surface area contributed by atoms with Crippen molar-refractivity contribution in [3.8, 4) is 0 Å². The average Bonchev–Trinajstić information content (AvgIpc) is 2.25. The fraction of sp³-hybridized carbons (Fsp3) is 1.00. The number of aliphatic hydroxyl groups is 1. The topological polar surface area (TPSA) is 35.5 Å². The summed E-state index contributed by atoms with van der Waals surface area (Å²) < 4.78 is 0. The molecule has 0 saturated heterocycles. The van der Waals surface area contributed by atoms with Crippen LogP contribution in [-0.2, 0) is 0 Å². The van der Waals surface area contributed by atoms with Gasteiger partial charge < -0.3 is 15.3 Å². The highest BCUT2D eigenvalue weighted by Crippen LogP contribution is 2.07. The van der Waals surface area contributed by atoms with Crippen LogP contribution < -0.4 is 5.32 Å². The lowest BCUT2D eigenvalue weighted by atomic mass is 10.1. The highest BCUT2D eigenvalue weighted by molar-refractivity contribution is 4.72. The quantitative estimate of drug-likeness (QED) is 0.634. The monoisotopic (exact) mass is 230 g/mol. The van der Waals surface area contributed by atoms with E-state index in [4.69, 9.17) is 0 Å². The van der Waals surface area contributed by atoms with E-state index in [2.05, 4.69) is 45.0 Å². The van der Waals surface area contributed by atoms with Gasteiger partial charge in [0.2, 0.25) is 0 Å². The molecular weight excluding hydrogens is 200 g/mol. The molecule has 0 aliphatic heterocycles. The smallest absolute Gasteiger partial charge is 0.0585 e. The summed E-state index contributed by atoms with van der Waals surface area (Å²) >= 11 is 0. The first-order valence-corrected chi connectivity index (χ1v) is 6.62. The minimum Gasteiger partial charge on any atom is -0.395 e. The summed E-state index contributed by atoms with van der Waals surface area (Å²) in [6.45, 7) is 9.99. The molecule has 0 aliphatic carbocycles. The van der Waals surface area contributed by atoms with Crippen LogP contribution in [0, 0.1) is 0 Å². The van der Waals surface area contributed by atoms with Crippen molar-refractivity contribution in [3.63, 3.8) is 0 Å². The summed E-state index contributed by atoms with van der Waals surface area (Å²) in [6, 6.07) is 1.35. The van der Waals surface area contributed by atoms with Gasteiger partial charge in [-0.15, -0.1) is 0 Å². The fourth-order valence-corrected chi connectivity index (χ4v) is 2.15. The van der Waals surface area contributed by atoms with Crippen LogP contribution in [0.5, 0.6) is 0 Å². The highest BCUT2D eigenvalue weighted by atomic mass is 16.3. The Balaban J connectivity index is 3.90. The van der Waals surface area contributed by atoms with Crippen molar-refractivity contribution in [1.29, 1.82) is 0 Å². The van der Waals surface area contributed by atoms with Crippen molar-refractivity contribution in [2.45, 2.75) is 65.1 Å². The predicted octanol–water partition coefficient (Wildman–Crippen LogP) is 1.86. The Morgan fingerprint density at radius 3 is 2.12 bits per heavy atom. The summed E-state index contributed by atoms with van der Waals surface area (Å²) in [5.41, 5.74) is 0. The van der Waals surface area contributed by atoms with Gasteiger partial charge in [-0.3, -0.25) is 0 Å². The van der Waals surface area contributed by atoms with Crippen molar-refractivity contribution in [1.82, 2.24) is 10.2 Å². The van der Waals surface area contributed by atoms with Gasteiger partial charge in [0.05, 0.1) is 6.61 Å². The van der Waals surface area contributed by atoms with E-state index < -0.39 is 0 Å². The third-order valence-electron chi connectivity index (χ3n) is 3.19. The third kappa shape index (κ3) is 6.46. The Hall–Kier alpha value is -0.120. The maximum absolute atomic E-state index is 9.26. The molecule has 2 N–H and O–H groups in total. The van der Waals surface area contributed by atoms with Gasteiger partial charge in [-0.25, -0.2) is 0 Å². The molecule has 3 nitrogen and oxygen atoms in total. The van der Waals surface area contributed by atoms with Gasteiger partial charge in [0, 0.05) is 18.1 Å². The summed E-state index contributed by atoms with van der Waals surface area (Å²) in [5, 5.41) is 12.6. The average molecular weight is 230 g/mol. The van der Waals surface area contributed by atoms with Crippen LogP contribution in [0.25, 0.3) is 0 Å². The maximum atomic E-state index is 9.26. The van der Waals surface area contributed by atoms with Crippen molar-refractivity contribution < 1.29 is 5.11 Å². The first-order chi connectivity index (χ1) is 7.54. The standard InChI is InChI=1S/C13H30N2O/c1-6-13(7-2)15(5)9-8-12(10-16)14-11(3)4/h11-14,16H,6-10H2,1-5H3. The van der Waals surface area contributed by atoms with Gasteiger partial charge in [0.25, 0.3) is 0 Å². The molecule has 0 bridgehead atoms. The lowest BCUT2D eigenvalue weighted by molar-refractivity contribution is 0.184. The Bertz CT molecular complexity index is 156. The SMILES string of the molecule is CCC(CC)N(C)CCC(CO)NC(C)C. The second-order valence-corrected chi connectivity index (χ2v) is 4.94. The van der Waals surface area contributed by atoms with E-state index in [-0.39, 0.29) is 12.6 Å². The van der Waals surface area contributed by atoms with E-state index in [0.717, 1.165) is 13.0 Å². The van der Waals surface area contributed by atoms with Crippen LogP contribution >= 0.6 is 0 Å². The first-order valence-electron chi connectivity index (χ1n) is 6.62. The summed E-state index contributed by atoms with van der Waals surface area (Å²) in [7, 11) is 2.18. The second kappa shape index (κ2) is 8.97. The third-order valence-corrected chi connectivity index (χ3v) is 3.19. The lowest BCUT2D eigenvalue weighted by Crippen LogP contribution is -2.41. The number of hydrogen-bond donors (Lipinski definition) is 2. The lowest BCUT2D eigenvalue weighted by Gasteiger charge is -2.28. The van der Waals surface area contributed by atoms with Crippen LogP contribution in [0.2, 0.25) is 0 Å². The van der Waals surface area contributed by atoms with Crippen molar-refractivity contribution in [3.05, 3.63) is 0 Å². The van der Waals surface area contributed by atoms with Gasteiger partial charge in [-0.05, 0) is 32.9 Å². The molecule has 0 heterocycles. The highest BCUT2D eigenvalue weighted by Gasteiger charge is 2.13. The van der Waals surface area contributed by atoms with Crippen LogP contribution in [-0.4, -0.2) is 48.3 Å². The molecule has 0 aromatic rings. The molecule has 0 rings (SSSR count). The molecule has 1 unspecified atom stereocenters. The van der Waals surface area contributed by atoms with E-state index in [9.17, 15) is 5.11 Å². The fourth-order valence-electron chi connectivity index (χ4n) is 2.15. The minimum atomic E-state index is 0.231. The van der Waals surface area contributed by atoms with Crippen LogP contribution in [0.4, 0.5) is 0 Å². The number of hydrogen-bond acceptors (Lipinski definition) is 3.